The van der Waals surface area contributed by atoms with Crippen LogP contribution in [0.3, 0.4) is 0 Å². The highest BCUT2D eigenvalue weighted by molar-refractivity contribution is 7.10. The van der Waals surface area contributed by atoms with Crippen LogP contribution in [0.4, 0.5) is 0 Å². The zero-order chi connectivity index (χ0) is 13.5. The molecular weight excluding hydrogens is 258 g/mol. The molecule has 1 heterocycles. The van der Waals surface area contributed by atoms with E-state index in [2.05, 4.69) is 5.32 Å². The molecule has 0 spiro atoms. The Bertz CT molecular complexity index is 414. The summed E-state index contributed by atoms with van der Waals surface area (Å²) in [5.41, 5.74) is 2.23. The Labute approximate surface area is 119 Å². The van der Waals surface area contributed by atoms with E-state index in [9.17, 15) is 4.79 Å². The summed E-state index contributed by atoms with van der Waals surface area (Å²) in [4.78, 5) is 13.6. The topological polar surface area (TPSA) is 38.3 Å². The van der Waals surface area contributed by atoms with Gasteiger partial charge in [-0.25, -0.2) is 0 Å². The summed E-state index contributed by atoms with van der Waals surface area (Å²) >= 11 is 1.76. The van der Waals surface area contributed by atoms with Crippen molar-refractivity contribution in [1.82, 2.24) is 5.32 Å². The largest absolute Gasteiger partial charge is 0.382 e. The first-order valence-electron chi connectivity index (χ1n) is 7.28. The third-order valence-electron chi connectivity index (χ3n) is 3.51. The van der Waals surface area contributed by atoms with Gasteiger partial charge in [0.2, 0.25) is 0 Å². The molecule has 0 fully saturated rings. The second-order valence-electron chi connectivity index (χ2n) is 4.92. The Balaban J connectivity index is 1.87. The van der Waals surface area contributed by atoms with Gasteiger partial charge in [0.05, 0.1) is 5.56 Å². The molecule has 19 heavy (non-hydrogen) atoms. The summed E-state index contributed by atoms with van der Waals surface area (Å²) < 4.78 is 5.26. The summed E-state index contributed by atoms with van der Waals surface area (Å²) in [6.45, 7) is 4.15. The highest BCUT2D eigenvalue weighted by Crippen LogP contribution is 2.29. The van der Waals surface area contributed by atoms with E-state index in [1.54, 1.807) is 11.3 Å². The van der Waals surface area contributed by atoms with Crippen molar-refractivity contribution in [3.63, 3.8) is 0 Å². The number of nitrogens with one attached hydrogen (secondary N) is 1. The Hall–Kier alpha value is -0.870. The van der Waals surface area contributed by atoms with Crippen LogP contribution in [0.1, 0.15) is 53.4 Å². The number of thiophene rings is 1. The zero-order valence-corrected chi connectivity index (χ0v) is 12.5. The number of amides is 1. The Morgan fingerprint density at radius 1 is 1.37 bits per heavy atom. The number of aryl methyl sites for hydroxylation is 1. The van der Waals surface area contributed by atoms with Gasteiger partial charge in [-0.1, -0.05) is 6.42 Å². The summed E-state index contributed by atoms with van der Waals surface area (Å²) in [5.74, 6) is 0.0934. The molecule has 1 aromatic rings. The molecule has 0 aliphatic heterocycles. The van der Waals surface area contributed by atoms with Crippen molar-refractivity contribution < 1.29 is 9.53 Å². The molecule has 1 aliphatic carbocycles. The van der Waals surface area contributed by atoms with Gasteiger partial charge in [-0.3, -0.25) is 4.79 Å². The number of hydrogen-bond acceptors (Lipinski definition) is 3. The van der Waals surface area contributed by atoms with Crippen LogP contribution in [0.5, 0.6) is 0 Å². The van der Waals surface area contributed by atoms with Gasteiger partial charge >= 0.3 is 0 Å². The highest BCUT2D eigenvalue weighted by atomic mass is 32.1. The molecule has 2 rings (SSSR count). The molecule has 0 saturated heterocycles. The van der Waals surface area contributed by atoms with Crippen LogP contribution in [0.25, 0.3) is 0 Å². The smallest absolute Gasteiger partial charge is 0.252 e. The van der Waals surface area contributed by atoms with Crippen LogP contribution in [0, 0.1) is 0 Å². The lowest BCUT2D eigenvalue weighted by Crippen LogP contribution is -2.25. The summed E-state index contributed by atoms with van der Waals surface area (Å²) in [6.07, 6.45) is 6.87. The molecule has 1 aliphatic rings. The normalized spacial score (nSPS) is 14.8. The van der Waals surface area contributed by atoms with Crippen LogP contribution < -0.4 is 5.32 Å². The average Bonchev–Trinajstić information content (AvgIpc) is 2.67. The molecule has 0 saturated carbocycles. The fourth-order valence-electron chi connectivity index (χ4n) is 2.48. The van der Waals surface area contributed by atoms with Gasteiger partial charge in [-0.15, -0.1) is 11.3 Å². The van der Waals surface area contributed by atoms with E-state index >= 15 is 0 Å². The number of carbonyl (C=O) groups excluding carboxylic acids is 1. The molecule has 4 heteroatoms. The minimum Gasteiger partial charge on any atom is -0.382 e. The third-order valence-corrected chi connectivity index (χ3v) is 4.60. The van der Waals surface area contributed by atoms with Crippen LogP contribution in [-0.2, 0) is 17.6 Å². The molecule has 1 aromatic heterocycles. The molecule has 0 bridgehead atoms. The molecule has 0 radical (unpaired) electrons. The van der Waals surface area contributed by atoms with Crippen LogP contribution in [-0.4, -0.2) is 25.7 Å². The van der Waals surface area contributed by atoms with Crippen LogP contribution >= 0.6 is 11.3 Å². The SMILES string of the molecule is CCOCCCNC(=O)c1csc2c1CCCCC2. The number of fused-ring (bicyclic) bond motifs is 1. The highest BCUT2D eigenvalue weighted by Gasteiger charge is 2.18. The minimum absolute atomic E-state index is 0.0934. The summed E-state index contributed by atoms with van der Waals surface area (Å²) in [7, 11) is 0. The zero-order valence-electron chi connectivity index (χ0n) is 11.7. The van der Waals surface area contributed by atoms with E-state index in [1.807, 2.05) is 12.3 Å². The molecule has 0 aromatic carbocycles. The third kappa shape index (κ3) is 4.05. The first-order valence-corrected chi connectivity index (χ1v) is 8.16. The first-order chi connectivity index (χ1) is 9.33. The number of hydrogen-bond donors (Lipinski definition) is 1. The number of rotatable bonds is 6. The minimum atomic E-state index is 0.0934. The fourth-order valence-corrected chi connectivity index (χ4v) is 3.60. The number of ether oxygens (including phenoxy) is 1. The predicted molar refractivity (Wildman–Crippen MR) is 79.0 cm³/mol. The van der Waals surface area contributed by atoms with E-state index < -0.39 is 0 Å². The molecule has 1 amide bonds. The molecule has 1 N–H and O–H groups in total. The standard InChI is InChI=1S/C15H23NO2S/c1-2-18-10-6-9-16-15(17)13-11-19-14-8-5-3-4-7-12(13)14/h11H,2-10H2,1H3,(H,16,17). The maximum Gasteiger partial charge on any atom is 0.252 e. The predicted octanol–water partition coefficient (Wildman–Crippen LogP) is 3.17. The number of carbonyl (C=O) groups is 1. The van der Waals surface area contributed by atoms with Gasteiger partial charge in [-0.2, -0.15) is 0 Å². The van der Waals surface area contributed by atoms with Gasteiger partial charge in [0.15, 0.2) is 0 Å². The molecule has 3 nitrogen and oxygen atoms in total. The Morgan fingerprint density at radius 2 is 2.21 bits per heavy atom. The van der Waals surface area contributed by atoms with E-state index in [4.69, 9.17) is 4.74 Å². The fraction of sp³-hybridized carbons (Fsp3) is 0.667. The van der Waals surface area contributed by atoms with Crippen molar-refractivity contribution in [2.75, 3.05) is 19.8 Å². The van der Waals surface area contributed by atoms with E-state index in [0.717, 1.165) is 38.0 Å². The van der Waals surface area contributed by atoms with Crippen molar-refractivity contribution in [2.24, 2.45) is 0 Å². The van der Waals surface area contributed by atoms with Crippen LogP contribution in [0.2, 0.25) is 0 Å². The first kappa shape index (κ1) is 14.5. The lowest BCUT2D eigenvalue weighted by atomic mass is 10.1. The van der Waals surface area contributed by atoms with Crippen molar-refractivity contribution in [3.8, 4) is 0 Å². The van der Waals surface area contributed by atoms with Crippen molar-refractivity contribution in [3.05, 3.63) is 21.4 Å². The van der Waals surface area contributed by atoms with Gasteiger partial charge in [0.1, 0.15) is 0 Å². The molecule has 0 unspecified atom stereocenters. The molecule has 106 valence electrons. The van der Waals surface area contributed by atoms with Crippen molar-refractivity contribution in [1.29, 1.82) is 0 Å². The lowest BCUT2D eigenvalue weighted by Gasteiger charge is -2.06. The second kappa shape index (κ2) is 7.65. The maximum absolute atomic E-state index is 12.2. The van der Waals surface area contributed by atoms with Crippen LogP contribution in [0.15, 0.2) is 5.38 Å². The van der Waals surface area contributed by atoms with E-state index in [0.29, 0.717) is 6.54 Å². The van der Waals surface area contributed by atoms with Gasteiger partial charge in [-0.05, 0) is 44.6 Å². The maximum atomic E-state index is 12.2. The van der Waals surface area contributed by atoms with Crippen molar-refractivity contribution >= 4 is 17.2 Å². The monoisotopic (exact) mass is 281 g/mol. The van der Waals surface area contributed by atoms with E-state index in [-0.39, 0.29) is 5.91 Å². The average molecular weight is 281 g/mol. The van der Waals surface area contributed by atoms with E-state index in [1.165, 1.54) is 29.7 Å². The Morgan fingerprint density at radius 3 is 3.05 bits per heavy atom. The molecular formula is C15H23NO2S. The van der Waals surface area contributed by atoms with Crippen molar-refractivity contribution in [2.45, 2.75) is 45.4 Å². The van der Waals surface area contributed by atoms with Gasteiger partial charge < -0.3 is 10.1 Å². The van der Waals surface area contributed by atoms with Gasteiger partial charge in [0.25, 0.3) is 5.91 Å². The van der Waals surface area contributed by atoms with Gasteiger partial charge in [0, 0.05) is 30.0 Å². The molecule has 0 atom stereocenters. The summed E-state index contributed by atoms with van der Waals surface area (Å²) in [6, 6.07) is 0. The summed E-state index contributed by atoms with van der Waals surface area (Å²) in [5, 5.41) is 5.04. The Kier molecular flexibility index (Phi) is 5.86. The second-order valence-corrected chi connectivity index (χ2v) is 5.88. The lowest BCUT2D eigenvalue weighted by molar-refractivity contribution is 0.0943. The quantitative estimate of drug-likeness (QED) is 0.642.